The maximum atomic E-state index is 12.5. The summed E-state index contributed by atoms with van der Waals surface area (Å²) in [4.78, 5) is 0.124. The summed E-state index contributed by atoms with van der Waals surface area (Å²) in [6.07, 6.45) is 6.21. The van der Waals surface area contributed by atoms with Crippen LogP contribution in [0.15, 0.2) is 103 Å². The molecule has 0 spiro atoms. The number of nitrogens with zero attached hydrogens (tertiary/aromatic N) is 2. The fourth-order valence-electron chi connectivity index (χ4n) is 8.89. The minimum atomic E-state index is -5.06. The zero-order chi connectivity index (χ0) is 49.5. The summed E-state index contributed by atoms with van der Waals surface area (Å²) in [7, 11) is -29.3. The second kappa shape index (κ2) is 19.1. The summed E-state index contributed by atoms with van der Waals surface area (Å²) in [6, 6.07) is 8.18. The van der Waals surface area contributed by atoms with Crippen LogP contribution in [0, 0.1) is 0 Å². The minimum absolute atomic E-state index is 0. The average molecular weight is 1140 g/mol. The standard InChI is InChI=1S/C39H43BrN2O18S6.K/c1-38(2)34(41(15-5-17-61(43,44)45)30-11-9-26-28(36(30)38)19-24(63(49,50)51)21-32(26)65(55,56)57)13-7-23(40)8-14-35-39(3,4)37-29-20-25(64(52,53)54)22-33(66(58,59)60)27(29)10-12-31(37)42(35)16-6-18-62(46,47)48;/h7-14,19-22,34H,5-6,15-18H2,1-4H3,(H,43,44,45)(H,46,47,48)(H,49,50,51)(H,52,53,54)(H,55,56,57)(H,58,59,60);/q;+1/p-1/b13-7+,23-8-,35-14-;. The number of allylic oxidation sites excluding steroid dienone is 5. The molecule has 0 bridgehead atoms. The number of hydrogen-bond donors (Lipinski definition) is 5. The van der Waals surface area contributed by atoms with E-state index >= 15 is 0 Å². The molecular formula is C39H42BrKN2O18S6. The van der Waals surface area contributed by atoms with E-state index in [0.717, 1.165) is 12.1 Å². The van der Waals surface area contributed by atoms with Gasteiger partial charge in [-0.15, -0.1) is 0 Å². The second-order valence-corrected chi connectivity index (χ2v) is 26.3. The van der Waals surface area contributed by atoms with Crippen molar-refractivity contribution < 1.29 is 129 Å². The van der Waals surface area contributed by atoms with Gasteiger partial charge in [0, 0.05) is 62.0 Å². The molecule has 5 N–H and O–H groups in total. The van der Waals surface area contributed by atoms with E-state index in [2.05, 4.69) is 15.9 Å². The zero-order valence-electron chi connectivity index (χ0n) is 36.0. The third-order valence-electron chi connectivity index (χ3n) is 11.5. The van der Waals surface area contributed by atoms with Gasteiger partial charge in [0.1, 0.15) is 9.79 Å². The van der Waals surface area contributed by atoms with E-state index in [1.54, 1.807) is 61.8 Å². The van der Waals surface area contributed by atoms with Gasteiger partial charge in [-0.3, -0.25) is 22.8 Å². The normalized spacial score (nSPS) is 18.5. The molecule has 1 unspecified atom stereocenters. The van der Waals surface area contributed by atoms with Crippen LogP contribution >= 0.6 is 15.9 Å². The van der Waals surface area contributed by atoms with Gasteiger partial charge in [0.05, 0.1) is 31.7 Å². The van der Waals surface area contributed by atoms with Gasteiger partial charge >= 0.3 is 51.4 Å². The first kappa shape index (κ1) is 55.7. The van der Waals surface area contributed by atoms with Gasteiger partial charge in [-0.2, -0.15) is 42.1 Å². The molecule has 6 rings (SSSR count). The van der Waals surface area contributed by atoms with E-state index in [4.69, 9.17) is 0 Å². The molecule has 0 radical (unpaired) electrons. The predicted octanol–water partition coefficient (Wildman–Crippen LogP) is 2.18. The van der Waals surface area contributed by atoms with Crippen molar-refractivity contribution in [3.8, 4) is 0 Å². The Kier molecular flexibility index (Phi) is 15.9. The van der Waals surface area contributed by atoms with E-state index in [9.17, 15) is 77.8 Å². The van der Waals surface area contributed by atoms with Crippen LogP contribution in [0.5, 0.6) is 0 Å². The summed E-state index contributed by atoms with van der Waals surface area (Å²) in [5.74, 6) is -1.40. The average Bonchev–Trinajstić information content (AvgIpc) is 3.50. The van der Waals surface area contributed by atoms with Crippen LogP contribution in [-0.4, -0.2) is 108 Å². The largest absolute Gasteiger partial charge is 1.00 e. The molecule has 0 amide bonds. The van der Waals surface area contributed by atoms with Gasteiger partial charge in [-0.05, 0) is 89.4 Å². The summed E-state index contributed by atoms with van der Waals surface area (Å²) in [6.45, 7) is 6.76. The van der Waals surface area contributed by atoms with Crippen molar-refractivity contribution in [2.45, 2.75) is 77.0 Å². The van der Waals surface area contributed by atoms with Crippen molar-refractivity contribution in [2.75, 3.05) is 34.4 Å². The molecule has 2 aliphatic heterocycles. The molecular weight excluding hydrogens is 1100 g/mol. The Bertz CT molecular complexity index is 3520. The van der Waals surface area contributed by atoms with Crippen molar-refractivity contribution in [3.63, 3.8) is 0 Å². The van der Waals surface area contributed by atoms with Crippen LogP contribution in [0.2, 0.25) is 0 Å². The summed E-state index contributed by atoms with van der Waals surface area (Å²) < 4.78 is 208. The number of anilines is 2. The molecule has 0 saturated heterocycles. The molecule has 360 valence electrons. The summed E-state index contributed by atoms with van der Waals surface area (Å²) >= 11 is 3.52. The van der Waals surface area contributed by atoms with Crippen LogP contribution in [0.25, 0.3) is 21.5 Å². The quantitative estimate of drug-likeness (QED) is 0.0647. The van der Waals surface area contributed by atoms with Crippen LogP contribution < -0.4 is 61.2 Å². The van der Waals surface area contributed by atoms with E-state index in [0.29, 0.717) is 44.8 Å². The molecule has 0 fully saturated rings. The number of fused-ring (bicyclic) bond motifs is 6. The van der Waals surface area contributed by atoms with Crippen LogP contribution in [0.3, 0.4) is 0 Å². The van der Waals surface area contributed by atoms with E-state index in [1.807, 2.05) is 0 Å². The maximum Gasteiger partial charge on any atom is 1.00 e. The number of benzene rings is 4. The maximum absolute atomic E-state index is 12.5. The van der Waals surface area contributed by atoms with Gasteiger partial charge in [0.25, 0.3) is 50.6 Å². The Balaban J connectivity index is 0.00000840. The Morgan fingerprint density at radius 1 is 0.657 bits per heavy atom. The van der Waals surface area contributed by atoms with E-state index in [1.165, 1.54) is 24.3 Å². The summed E-state index contributed by atoms with van der Waals surface area (Å²) in [5, 5.41) is -0.147. The Morgan fingerprint density at radius 3 is 1.60 bits per heavy atom. The first-order chi connectivity index (χ1) is 29.9. The van der Waals surface area contributed by atoms with Crippen molar-refractivity contribution >= 4 is 110 Å². The van der Waals surface area contributed by atoms with Gasteiger partial charge < -0.3 is 14.4 Å². The SMILES string of the molecule is CC1(C)/C(=C/C=C(Br)/C=C/C2N(CCCS(=O)(=O)[O-])c3ccc4c(S(=O)(=O)O)cc(S(=O)(=O)O)cc4c3C2(C)C)N(CCCS(=O)(=O)O)c2ccc3c(S(=O)(=O)O)cc(S(=O)(=O)O)cc3c21.[K+]. The van der Waals surface area contributed by atoms with Gasteiger partial charge in [0.2, 0.25) is 0 Å². The fourth-order valence-corrected chi connectivity index (χ4v) is 12.8. The van der Waals surface area contributed by atoms with Crippen LogP contribution in [0.1, 0.15) is 51.7 Å². The van der Waals surface area contributed by atoms with Crippen molar-refractivity contribution in [2.24, 2.45) is 0 Å². The van der Waals surface area contributed by atoms with Gasteiger partial charge in [-0.25, -0.2) is 8.42 Å². The first-order valence-electron chi connectivity index (χ1n) is 19.3. The van der Waals surface area contributed by atoms with Gasteiger partial charge in [0.15, 0.2) is 0 Å². The molecule has 4 aromatic carbocycles. The Morgan fingerprint density at radius 2 is 1.13 bits per heavy atom. The Labute approximate surface area is 439 Å². The molecule has 20 nitrogen and oxygen atoms in total. The number of rotatable bonds is 15. The predicted molar refractivity (Wildman–Crippen MR) is 246 cm³/mol. The van der Waals surface area contributed by atoms with Crippen molar-refractivity contribution in [1.29, 1.82) is 0 Å². The molecule has 0 saturated carbocycles. The number of hydrogen-bond acceptors (Lipinski definition) is 15. The van der Waals surface area contributed by atoms with Crippen LogP contribution in [-0.2, 0) is 71.5 Å². The molecule has 28 heteroatoms. The molecule has 67 heavy (non-hydrogen) atoms. The third kappa shape index (κ3) is 11.8. The fraction of sp³-hybridized carbons (Fsp3) is 0.333. The molecule has 1 atom stereocenters. The Hall–Kier alpha value is -2.20. The van der Waals surface area contributed by atoms with E-state index in [-0.39, 0.29) is 98.9 Å². The van der Waals surface area contributed by atoms with Crippen molar-refractivity contribution in [3.05, 3.63) is 94.1 Å². The van der Waals surface area contributed by atoms with Crippen LogP contribution in [0.4, 0.5) is 11.4 Å². The molecule has 0 aliphatic carbocycles. The monoisotopic (exact) mass is 1140 g/mol. The number of halogens is 1. The molecule has 2 aliphatic rings. The second-order valence-electron chi connectivity index (χ2n) is 16.7. The molecule has 2 heterocycles. The summed E-state index contributed by atoms with van der Waals surface area (Å²) in [5.41, 5.74) is -0.378. The van der Waals surface area contributed by atoms with E-state index < -0.39 is 109 Å². The van der Waals surface area contributed by atoms with Gasteiger partial charge in [-0.1, -0.05) is 61.8 Å². The zero-order valence-corrected chi connectivity index (χ0v) is 45.6. The first-order valence-corrected chi connectivity index (χ1v) is 29.0. The van der Waals surface area contributed by atoms with Crippen molar-refractivity contribution in [1.82, 2.24) is 0 Å². The molecule has 0 aromatic heterocycles. The topological polar surface area (TPSA) is 336 Å². The molecule has 4 aromatic rings. The minimum Gasteiger partial charge on any atom is -0.748 e. The third-order valence-corrected chi connectivity index (χ3v) is 17.1. The smallest absolute Gasteiger partial charge is 0.748 e.